The standard InChI is InChI=1S/C14H8ClN3O2S/c15-13-5-4-11(9-17)7-14(13)21(19,20)18-12-3-1-2-10(6-12)8-16/h1-7,18H. The van der Waals surface area contributed by atoms with Crippen molar-refractivity contribution in [3.05, 3.63) is 58.6 Å². The molecule has 0 atom stereocenters. The Morgan fingerprint density at radius 2 is 1.67 bits per heavy atom. The summed E-state index contributed by atoms with van der Waals surface area (Å²) in [6.45, 7) is 0. The highest BCUT2D eigenvalue weighted by Crippen LogP contribution is 2.25. The van der Waals surface area contributed by atoms with E-state index in [0.29, 0.717) is 5.56 Å². The highest BCUT2D eigenvalue weighted by Gasteiger charge is 2.19. The van der Waals surface area contributed by atoms with Crippen molar-refractivity contribution in [2.24, 2.45) is 0 Å². The van der Waals surface area contributed by atoms with Crippen LogP contribution in [0.1, 0.15) is 11.1 Å². The molecule has 2 rings (SSSR count). The third kappa shape index (κ3) is 3.32. The lowest BCUT2D eigenvalue weighted by Gasteiger charge is -2.10. The van der Waals surface area contributed by atoms with Crippen molar-refractivity contribution in [3.63, 3.8) is 0 Å². The minimum atomic E-state index is -3.94. The van der Waals surface area contributed by atoms with Gasteiger partial charge in [0.1, 0.15) is 4.90 Å². The first-order valence-corrected chi connectivity index (χ1v) is 7.55. The van der Waals surface area contributed by atoms with E-state index in [4.69, 9.17) is 22.1 Å². The Labute approximate surface area is 127 Å². The van der Waals surface area contributed by atoms with Crippen molar-refractivity contribution < 1.29 is 8.42 Å². The number of sulfonamides is 1. The van der Waals surface area contributed by atoms with Crippen molar-refractivity contribution in [1.82, 2.24) is 0 Å². The molecule has 0 aliphatic carbocycles. The smallest absolute Gasteiger partial charge is 0.263 e. The second-order valence-corrected chi connectivity index (χ2v) is 6.11. The van der Waals surface area contributed by atoms with E-state index >= 15 is 0 Å². The van der Waals surface area contributed by atoms with Gasteiger partial charge in [0, 0.05) is 0 Å². The Morgan fingerprint density at radius 3 is 2.33 bits per heavy atom. The first-order valence-electron chi connectivity index (χ1n) is 5.69. The monoisotopic (exact) mass is 317 g/mol. The van der Waals surface area contributed by atoms with Crippen LogP contribution in [0.4, 0.5) is 5.69 Å². The Kier molecular flexibility index (Phi) is 4.13. The second-order valence-electron chi connectivity index (χ2n) is 4.06. The summed E-state index contributed by atoms with van der Waals surface area (Å²) in [5.41, 5.74) is 0.755. The van der Waals surface area contributed by atoms with Gasteiger partial charge in [-0.3, -0.25) is 4.72 Å². The number of halogens is 1. The molecule has 0 aliphatic heterocycles. The molecule has 0 unspecified atom stereocenters. The Morgan fingerprint density at radius 1 is 1.00 bits per heavy atom. The van der Waals surface area contributed by atoms with Crippen LogP contribution in [0, 0.1) is 22.7 Å². The van der Waals surface area contributed by atoms with E-state index in [0.717, 1.165) is 0 Å². The van der Waals surface area contributed by atoms with E-state index in [-0.39, 0.29) is 21.2 Å². The third-order valence-corrected chi connectivity index (χ3v) is 4.46. The van der Waals surface area contributed by atoms with E-state index < -0.39 is 10.0 Å². The summed E-state index contributed by atoms with van der Waals surface area (Å²) in [5.74, 6) is 0. The molecule has 21 heavy (non-hydrogen) atoms. The van der Waals surface area contributed by atoms with E-state index in [1.807, 2.05) is 12.1 Å². The van der Waals surface area contributed by atoms with Gasteiger partial charge < -0.3 is 0 Å². The van der Waals surface area contributed by atoms with Crippen molar-refractivity contribution in [3.8, 4) is 12.1 Å². The molecule has 0 fully saturated rings. The maximum atomic E-state index is 12.3. The van der Waals surface area contributed by atoms with Gasteiger partial charge in [0.2, 0.25) is 0 Å². The molecule has 0 radical (unpaired) electrons. The number of anilines is 1. The molecule has 0 aromatic heterocycles. The molecule has 2 aromatic rings. The summed E-state index contributed by atoms with van der Waals surface area (Å²) in [7, 11) is -3.94. The van der Waals surface area contributed by atoms with Crippen LogP contribution in [0.15, 0.2) is 47.4 Å². The van der Waals surface area contributed by atoms with Crippen LogP contribution in [-0.4, -0.2) is 8.42 Å². The molecule has 0 aliphatic rings. The van der Waals surface area contributed by atoms with Gasteiger partial charge in [0.05, 0.1) is 34.0 Å². The SMILES string of the molecule is N#Cc1cccc(NS(=O)(=O)c2cc(C#N)ccc2Cl)c1. The maximum absolute atomic E-state index is 12.3. The van der Waals surface area contributed by atoms with Crippen LogP contribution < -0.4 is 4.72 Å². The number of nitriles is 2. The zero-order chi connectivity index (χ0) is 15.5. The second kappa shape index (κ2) is 5.84. The highest BCUT2D eigenvalue weighted by atomic mass is 35.5. The molecule has 0 amide bonds. The molecule has 1 N–H and O–H groups in total. The number of rotatable bonds is 3. The zero-order valence-corrected chi connectivity index (χ0v) is 12.1. The van der Waals surface area contributed by atoms with E-state index in [9.17, 15) is 8.42 Å². The lowest BCUT2D eigenvalue weighted by atomic mass is 10.2. The largest absolute Gasteiger partial charge is 0.280 e. The number of hydrogen-bond acceptors (Lipinski definition) is 4. The number of benzene rings is 2. The average Bonchev–Trinajstić information content (AvgIpc) is 2.47. The normalized spacial score (nSPS) is 10.4. The fourth-order valence-corrected chi connectivity index (χ4v) is 3.22. The number of hydrogen-bond donors (Lipinski definition) is 1. The Hall–Kier alpha value is -2.54. The lowest BCUT2D eigenvalue weighted by molar-refractivity contribution is 0.601. The van der Waals surface area contributed by atoms with Gasteiger partial charge in [-0.25, -0.2) is 8.42 Å². The summed E-state index contributed by atoms with van der Waals surface area (Å²) in [4.78, 5) is -0.189. The lowest BCUT2D eigenvalue weighted by Crippen LogP contribution is -2.13. The molecule has 0 saturated carbocycles. The van der Waals surface area contributed by atoms with Crippen LogP contribution in [-0.2, 0) is 10.0 Å². The average molecular weight is 318 g/mol. The summed E-state index contributed by atoms with van der Waals surface area (Å²) in [6.07, 6.45) is 0. The molecule has 2 aromatic carbocycles. The Bertz CT molecular complexity index is 880. The number of nitrogens with zero attached hydrogens (tertiary/aromatic N) is 2. The first kappa shape index (κ1) is 14.9. The molecular weight excluding hydrogens is 310 g/mol. The minimum Gasteiger partial charge on any atom is -0.280 e. The van der Waals surface area contributed by atoms with Gasteiger partial charge >= 0.3 is 0 Å². The minimum absolute atomic E-state index is 0.0120. The summed E-state index contributed by atoms with van der Waals surface area (Å²) >= 11 is 5.88. The fraction of sp³-hybridized carbons (Fsp3) is 0. The van der Waals surface area contributed by atoms with Crippen LogP contribution in [0.25, 0.3) is 0 Å². The molecule has 7 heteroatoms. The molecule has 0 saturated heterocycles. The predicted octanol–water partition coefficient (Wildman–Crippen LogP) is 2.88. The quantitative estimate of drug-likeness (QED) is 0.941. The predicted molar refractivity (Wildman–Crippen MR) is 78.1 cm³/mol. The maximum Gasteiger partial charge on any atom is 0.263 e. The van der Waals surface area contributed by atoms with E-state index in [1.165, 1.54) is 30.3 Å². The summed E-state index contributed by atoms with van der Waals surface area (Å²) in [5, 5.41) is 17.6. The molecule has 0 bridgehead atoms. The fourth-order valence-electron chi connectivity index (χ4n) is 1.64. The molecular formula is C14H8ClN3O2S. The van der Waals surface area contributed by atoms with Crippen molar-refractivity contribution in [2.45, 2.75) is 4.90 Å². The first-order chi connectivity index (χ1) is 9.96. The van der Waals surface area contributed by atoms with Gasteiger partial charge in [-0.1, -0.05) is 17.7 Å². The van der Waals surface area contributed by atoms with Crippen molar-refractivity contribution >= 4 is 27.3 Å². The molecule has 104 valence electrons. The zero-order valence-electron chi connectivity index (χ0n) is 10.5. The highest BCUT2D eigenvalue weighted by molar-refractivity contribution is 7.92. The van der Waals surface area contributed by atoms with Crippen LogP contribution in [0.3, 0.4) is 0 Å². The molecule has 5 nitrogen and oxygen atoms in total. The summed E-state index contributed by atoms with van der Waals surface area (Å²) < 4.78 is 26.9. The van der Waals surface area contributed by atoms with Gasteiger partial charge in [-0.2, -0.15) is 10.5 Å². The van der Waals surface area contributed by atoms with Gasteiger partial charge in [0.15, 0.2) is 0 Å². The van der Waals surface area contributed by atoms with Gasteiger partial charge in [-0.15, -0.1) is 0 Å². The van der Waals surface area contributed by atoms with E-state index in [1.54, 1.807) is 12.1 Å². The van der Waals surface area contributed by atoms with Crippen LogP contribution >= 0.6 is 11.6 Å². The molecule has 0 spiro atoms. The Balaban J connectivity index is 2.44. The van der Waals surface area contributed by atoms with Gasteiger partial charge in [0.25, 0.3) is 10.0 Å². The van der Waals surface area contributed by atoms with E-state index in [2.05, 4.69) is 4.72 Å². The third-order valence-electron chi connectivity index (χ3n) is 2.59. The van der Waals surface area contributed by atoms with Crippen molar-refractivity contribution in [2.75, 3.05) is 4.72 Å². The number of nitrogens with one attached hydrogen (secondary N) is 1. The molecule has 0 heterocycles. The van der Waals surface area contributed by atoms with Crippen LogP contribution in [0.2, 0.25) is 5.02 Å². The van der Waals surface area contributed by atoms with Crippen molar-refractivity contribution in [1.29, 1.82) is 10.5 Å². The summed E-state index contributed by atoms with van der Waals surface area (Å²) in [6, 6.07) is 13.8. The topological polar surface area (TPSA) is 93.8 Å². The van der Waals surface area contributed by atoms with Gasteiger partial charge in [-0.05, 0) is 36.4 Å². The van der Waals surface area contributed by atoms with Crippen LogP contribution in [0.5, 0.6) is 0 Å².